The number of carbonyl (C=O) groups excluding carboxylic acids is 3. The van der Waals surface area contributed by atoms with Crippen LogP contribution >= 0.6 is 0 Å². The molecule has 4 aliphatic rings. The Labute approximate surface area is 295 Å². The predicted octanol–water partition coefficient (Wildman–Crippen LogP) is 6.48. The van der Waals surface area contributed by atoms with Gasteiger partial charge in [-0.1, -0.05) is 45.0 Å². The van der Waals surface area contributed by atoms with Gasteiger partial charge in [-0.05, 0) is 91.1 Å². The molecular weight excluding hydrogens is 630 g/mol. The smallest absolute Gasteiger partial charge is 0.264 e. The molecule has 264 valence electrons. The van der Waals surface area contributed by atoms with Crippen LogP contribution in [0.2, 0.25) is 0 Å². The second kappa shape index (κ2) is 13.5. The lowest BCUT2D eigenvalue weighted by Gasteiger charge is -2.38. The van der Waals surface area contributed by atoms with Crippen molar-refractivity contribution in [3.05, 3.63) is 83.4 Å². The maximum Gasteiger partial charge on any atom is 0.264 e. The number of fused-ring (bicyclic) bond motifs is 2. The summed E-state index contributed by atoms with van der Waals surface area (Å²) in [6.45, 7) is 8.13. The van der Waals surface area contributed by atoms with Gasteiger partial charge in [0.2, 0.25) is 11.8 Å². The van der Waals surface area contributed by atoms with Gasteiger partial charge < -0.3 is 29.3 Å². The van der Waals surface area contributed by atoms with Crippen molar-refractivity contribution in [2.24, 2.45) is 11.8 Å². The van der Waals surface area contributed by atoms with Crippen molar-refractivity contribution < 1.29 is 29.0 Å². The van der Waals surface area contributed by atoms with Gasteiger partial charge in [0.15, 0.2) is 5.60 Å². The van der Waals surface area contributed by atoms with Crippen LogP contribution in [0.25, 0.3) is 0 Å². The molecule has 9 nitrogen and oxygen atoms in total. The summed E-state index contributed by atoms with van der Waals surface area (Å²) in [5.74, 6) is 0.488. The fraction of sp³-hybridized carbons (Fsp3) is 0.488. The Bertz CT molecular complexity index is 1750. The van der Waals surface area contributed by atoms with Crippen molar-refractivity contribution in [2.75, 3.05) is 41.5 Å². The van der Waals surface area contributed by atoms with Crippen LogP contribution in [-0.4, -0.2) is 55.7 Å². The molecule has 0 unspecified atom stereocenters. The Morgan fingerprint density at radius 3 is 2.08 bits per heavy atom. The summed E-state index contributed by atoms with van der Waals surface area (Å²) in [5, 5.41) is 10.3. The molecule has 0 radical (unpaired) electrons. The van der Waals surface area contributed by atoms with Gasteiger partial charge in [-0.25, -0.2) is 0 Å². The fourth-order valence-corrected chi connectivity index (χ4v) is 9.15. The van der Waals surface area contributed by atoms with E-state index in [1.54, 1.807) is 7.11 Å². The third-order valence-electron chi connectivity index (χ3n) is 11.8. The Kier molecular flexibility index (Phi) is 9.24. The van der Waals surface area contributed by atoms with Crippen molar-refractivity contribution in [3.8, 4) is 5.75 Å². The molecule has 3 amide bonds. The van der Waals surface area contributed by atoms with Crippen LogP contribution in [0.3, 0.4) is 0 Å². The number of aliphatic hydroxyl groups excluding tert-OH is 1. The van der Waals surface area contributed by atoms with E-state index in [4.69, 9.17) is 9.47 Å². The number of piperidine rings is 2. The SMILES string of the molecule is COc1ccc(C(C)(C)[C@@H]2[C@@H](CCO)O[C@]3(C(=O)N(Cc4ccc(N5CCCCC5=O)cc4)c4ccc(N5CCCCC5=O)cc43)[C@H]2C)cc1. The first-order valence-electron chi connectivity index (χ1n) is 18.2. The van der Waals surface area contributed by atoms with Crippen molar-refractivity contribution in [1.82, 2.24) is 0 Å². The summed E-state index contributed by atoms with van der Waals surface area (Å²) in [5.41, 5.74) is 3.52. The molecule has 4 aliphatic heterocycles. The van der Waals surface area contributed by atoms with E-state index in [9.17, 15) is 14.7 Å². The van der Waals surface area contributed by atoms with Crippen LogP contribution in [0, 0.1) is 11.8 Å². The number of ether oxygens (including phenoxy) is 2. The van der Waals surface area contributed by atoms with Crippen molar-refractivity contribution in [1.29, 1.82) is 0 Å². The second-order valence-corrected chi connectivity index (χ2v) is 14.9. The van der Waals surface area contributed by atoms with Gasteiger partial charge in [0.25, 0.3) is 5.91 Å². The molecule has 4 atom stereocenters. The number of carbonyl (C=O) groups is 3. The number of rotatable bonds is 9. The highest BCUT2D eigenvalue weighted by Gasteiger charge is 2.66. The van der Waals surface area contributed by atoms with Gasteiger partial charge in [0, 0.05) is 61.3 Å². The normalized spacial score (nSPS) is 25.5. The van der Waals surface area contributed by atoms with Gasteiger partial charge >= 0.3 is 0 Å². The van der Waals surface area contributed by atoms with Gasteiger partial charge in [-0.3, -0.25) is 14.4 Å². The van der Waals surface area contributed by atoms with Crippen LogP contribution in [0.4, 0.5) is 17.1 Å². The molecule has 7 rings (SSSR count). The van der Waals surface area contributed by atoms with Crippen LogP contribution in [-0.2, 0) is 36.7 Å². The van der Waals surface area contributed by atoms with E-state index in [1.165, 1.54) is 0 Å². The first kappa shape index (κ1) is 34.2. The van der Waals surface area contributed by atoms with Gasteiger partial charge in [0.05, 0.1) is 25.4 Å². The molecule has 4 heterocycles. The standard InChI is InChI=1S/C41H49N3O6/c1-27-38(40(2,3)29-13-18-32(49-4)19-14-29)35(21-24-45)50-41(27)33-25-31(43-23-8-6-10-37(43)47)17-20-34(33)44(39(41)48)26-28-11-15-30(16-12-28)42-22-7-5-9-36(42)46/h11-20,25,27,35,38,45H,5-10,21-24,26H2,1-4H3/t27-,35+,38-,41+/m0/s1. The third-order valence-corrected chi connectivity index (χ3v) is 11.8. The van der Waals surface area contributed by atoms with Gasteiger partial charge in [-0.15, -0.1) is 0 Å². The first-order chi connectivity index (χ1) is 24.1. The molecule has 3 aromatic rings. The van der Waals surface area contributed by atoms with E-state index < -0.39 is 17.1 Å². The van der Waals surface area contributed by atoms with Crippen LogP contribution in [0.1, 0.15) is 82.4 Å². The van der Waals surface area contributed by atoms with Crippen LogP contribution < -0.4 is 19.4 Å². The van der Waals surface area contributed by atoms with E-state index in [0.717, 1.165) is 71.7 Å². The van der Waals surface area contributed by atoms with E-state index in [0.29, 0.717) is 32.4 Å². The molecule has 9 heteroatoms. The van der Waals surface area contributed by atoms with Crippen molar-refractivity contribution in [3.63, 3.8) is 0 Å². The van der Waals surface area contributed by atoms with Crippen molar-refractivity contribution in [2.45, 2.75) is 89.4 Å². The zero-order chi connectivity index (χ0) is 35.2. The van der Waals surface area contributed by atoms with E-state index in [-0.39, 0.29) is 36.2 Å². The lowest BCUT2D eigenvalue weighted by atomic mass is 9.63. The Balaban J connectivity index is 1.29. The van der Waals surface area contributed by atoms with E-state index in [1.807, 2.05) is 69.3 Å². The first-order valence-corrected chi connectivity index (χ1v) is 18.2. The molecule has 0 bridgehead atoms. The molecule has 3 saturated heterocycles. The molecule has 1 spiro atoms. The maximum absolute atomic E-state index is 15.1. The molecule has 1 N–H and O–H groups in total. The highest BCUT2D eigenvalue weighted by Crippen LogP contribution is 2.60. The lowest BCUT2D eigenvalue weighted by molar-refractivity contribution is -0.146. The maximum atomic E-state index is 15.1. The molecule has 0 saturated carbocycles. The van der Waals surface area contributed by atoms with E-state index in [2.05, 4.69) is 32.9 Å². The quantitative estimate of drug-likeness (QED) is 0.278. The minimum absolute atomic E-state index is 0.0678. The number of hydrogen-bond acceptors (Lipinski definition) is 6. The number of benzene rings is 3. The Hall–Kier alpha value is -4.21. The summed E-state index contributed by atoms with van der Waals surface area (Å²) in [6, 6.07) is 21.9. The molecule has 3 fully saturated rings. The zero-order valence-electron chi connectivity index (χ0n) is 29.7. The monoisotopic (exact) mass is 679 g/mol. The minimum Gasteiger partial charge on any atom is -0.497 e. The number of nitrogens with zero attached hydrogens (tertiary/aromatic N) is 3. The summed E-state index contributed by atoms with van der Waals surface area (Å²) >= 11 is 0. The Morgan fingerprint density at radius 2 is 1.48 bits per heavy atom. The molecular formula is C41H49N3O6. The van der Waals surface area contributed by atoms with E-state index >= 15 is 4.79 Å². The summed E-state index contributed by atoms with van der Waals surface area (Å²) < 4.78 is 12.5. The largest absolute Gasteiger partial charge is 0.497 e. The molecule has 50 heavy (non-hydrogen) atoms. The number of methoxy groups -OCH3 is 1. The molecule has 0 aromatic heterocycles. The number of anilines is 3. The Morgan fingerprint density at radius 1 is 0.860 bits per heavy atom. The number of amides is 3. The average molecular weight is 680 g/mol. The average Bonchev–Trinajstić information content (AvgIpc) is 3.55. The van der Waals surface area contributed by atoms with Gasteiger partial charge in [0.1, 0.15) is 5.75 Å². The third kappa shape index (κ3) is 5.68. The second-order valence-electron chi connectivity index (χ2n) is 14.9. The summed E-state index contributed by atoms with van der Waals surface area (Å²) in [6.07, 6.45) is 4.80. The van der Waals surface area contributed by atoms with Crippen LogP contribution in [0.5, 0.6) is 5.75 Å². The predicted molar refractivity (Wildman–Crippen MR) is 193 cm³/mol. The van der Waals surface area contributed by atoms with Gasteiger partial charge in [-0.2, -0.15) is 0 Å². The summed E-state index contributed by atoms with van der Waals surface area (Å²) in [7, 11) is 1.65. The molecule has 3 aromatic carbocycles. The number of hydrogen-bond donors (Lipinski definition) is 1. The highest BCUT2D eigenvalue weighted by atomic mass is 16.5. The minimum atomic E-state index is -1.31. The lowest BCUT2D eigenvalue weighted by Crippen LogP contribution is -2.46. The summed E-state index contributed by atoms with van der Waals surface area (Å²) in [4.78, 5) is 46.3. The molecule has 0 aliphatic carbocycles. The fourth-order valence-electron chi connectivity index (χ4n) is 9.15. The van der Waals surface area contributed by atoms with Crippen molar-refractivity contribution >= 4 is 34.8 Å². The topological polar surface area (TPSA) is 99.6 Å². The highest BCUT2D eigenvalue weighted by molar-refractivity contribution is 6.08. The van der Waals surface area contributed by atoms with Crippen LogP contribution in [0.15, 0.2) is 66.7 Å². The zero-order valence-corrected chi connectivity index (χ0v) is 29.7. The number of aliphatic hydroxyl groups is 1.